The maximum absolute atomic E-state index is 13.1. The molecule has 0 saturated heterocycles. The number of carbonyl (C=O) groups is 1. The minimum atomic E-state index is -4.55. The topological polar surface area (TPSA) is 52.6 Å². The summed E-state index contributed by atoms with van der Waals surface area (Å²) in [5.41, 5.74) is -0.728. The number of aliphatic hydroxyl groups is 1. The molecule has 4 nitrogen and oxygen atoms in total. The van der Waals surface area contributed by atoms with Crippen LogP contribution in [0.4, 0.5) is 18.9 Å². The molecule has 21 heavy (non-hydrogen) atoms. The van der Waals surface area contributed by atoms with Gasteiger partial charge in [0.2, 0.25) is 5.91 Å². The fraction of sp³-hybridized carbons (Fsp3) is 0.500. The molecule has 0 bridgehead atoms. The van der Waals surface area contributed by atoms with E-state index in [1.54, 1.807) is 13.8 Å². The molecular formula is C14H19F3N2O2. The van der Waals surface area contributed by atoms with E-state index >= 15 is 0 Å². The van der Waals surface area contributed by atoms with Gasteiger partial charge in [0.05, 0.1) is 18.7 Å². The summed E-state index contributed by atoms with van der Waals surface area (Å²) < 4.78 is 39.4. The van der Waals surface area contributed by atoms with E-state index in [0.717, 1.165) is 6.07 Å². The van der Waals surface area contributed by atoms with Crippen molar-refractivity contribution in [2.45, 2.75) is 26.6 Å². The first-order chi connectivity index (χ1) is 9.83. The van der Waals surface area contributed by atoms with Gasteiger partial charge in [0, 0.05) is 18.8 Å². The molecule has 1 aromatic rings. The predicted molar refractivity (Wildman–Crippen MR) is 73.9 cm³/mol. The molecule has 0 atom stereocenters. The number of benzene rings is 1. The molecule has 7 heteroatoms. The van der Waals surface area contributed by atoms with Crippen molar-refractivity contribution in [3.05, 3.63) is 29.3 Å². The Balaban J connectivity index is 3.16. The van der Waals surface area contributed by atoms with E-state index in [2.05, 4.69) is 5.32 Å². The number of nitrogens with zero attached hydrogens (tertiary/aromatic N) is 1. The monoisotopic (exact) mass is 304 g/mol. The standard InChI is InChI=1S/C14H19F3N2O2/c1-3-18-13(21)8-19(4-2)12-6-5-10(9-20)7-11(12)14(15,16)17/h5-7,20H,3-4,8-9H2,1-2H3,(H,18,21). The highest BCUT2D eigenvalue weighted by atomic mass is 19.4. The molecule has 0 heterocycles. The number of nitrogens with one attached hydrogen (secondary N) is 1. The number of halogens is 3. The van der Waals surface area contributed by atoms with E-state index in [0.29, 0.717) is 6.54 Å². The summed E-state index contributed by atoms with van der Waals surface area (Å²) in [6.45, 7) is 3.49. The summed E-state index contributed by atoms with van der Waals surface area (Å²) in [4.78, 5) is 13.0. The average molecular weight is 304 g/mol. The van der Waals surface area contributed by atoms with Crippen molar-refractivity contribution in [3.63, 3.8) is 0 Å². The molecule has 0 aliphatic carbocycles. The Kier molecular flexibility index (Phi) is 6.02. The van der Waals surface area contributed by atoms with E-state index < -0.39 is 18.3 Å². The van der Waals surface area contributed by atoms with Crippen LogP contribution >= 0.6 is 0 Å². The number of amides is 1. The molecule has 0 aromatic heterocycles. The van der Waals surface area contributed by atoms with Crippen molar-refractivity contribution < 1.29 is 23.1 Å². The number of hydrogen-bond donors (Lipinski definition) is 2. The fourth-order valence-corrected chi connectivity index (χ4v) is 1.98. The number of anilines is 1. The van der Waals surface area contributed by atoms with Gasteiger partial charge in [-0.25, -0.2) is 0 Å². The van der Waals surface area contributed by atoms with Crippen LogP contribution in [0.1, 0.15) is 25.0 Å². The number of likely N-dealkylation sites (N-methyl/N-ethyl adjacent to an activating group) is 2. The van der Waals surface area contributed by atoms with Crippen molar-refractivity contribution in [2.24, 2.45) is 0 Å². The average Bonchev–Trinajstić information content (AvgIpc) is 2.43. The molecule has 1 aromatic carbocycles. The van der Waals surface area contributed by atoms with Gasteiger partial charge >= 0.3 is 6.18 Å². The molecular weight excluding hydrogens is 285 g/mol. The normalized spacial score (nSPS) is 11.3. The van der Waals surface area contributed by atoms with Crippen LogP contribution in [-0.2, 0) is 17.6 Å². The van der Waals surface area contributed by atoms with Crippen LogP contribution in [0.25, 0.3) is 0 Å². The zero-order valence-corrected chi connectivity index (χ0v) is 12.0. The lowest BCUT2D eigenvalue weighted by Crippen LogP contribution is -2.38. The van der Waals surface area contributed by atoms with Crippen LogP contribution in [-0.4, -0.2) is 30.6 Å². The zero-order chi connectivity index (χ0) is 16.0. The van der Waals surface area contributed by atoms with Crippen molar-refractivity contribution in [2.75, 3.05) is 24.5 Å². The van der Waals surface area contributed by atoms with Gasteiger partial charge in [-0.3, -0.25) is 4.79 Å². The van der Waals surface area contributed by atoms with E-state index in [4.69, 9.17) is 5.11 Å². The van der Waals surface area contributed by atoms with Gasteiger partial charge in [-0.2, -0.15) is 13.2 Å². The zero-order valence-electron chi connectivity index (χ0n) is 12.0. The van der Waals surface area contributed by atoms with Crippen molar-refractivity contribution in [1.82, 2.24) is 5.32 Å². The Labute approximate surface area is 121 Å². The minimum Gasteiger partial charge on any atom is -0.392 e. The van der Waals surface area contributed by atoms with Crippen LogP contribution in [0.15, 0.2) is 18.2 Å². The lowest BCUT2D eigenvalue weighted by Gasteiger charge is -2.26. The van der Waals surface area contributed by atoms with Gasteiger partial charge < -0.3 is 15.3 Å². The lowest BCUT2D eigenvalue weighted by atomic mass is 10.1. The van der Waals surface area contributed by atoms with Crippen LogP contribution in [0, 0.1) is 0 Å². The molecule has 1 amide bonds. The van der Waals surface area contributed by atoms with Crippen LogP contribution in [0.2, 0.25) is 0 Å². The first-order valence-corrected chi connectivity index (χ1v) is 6.66. The molecule has 0 aliphatic rings. The Morgan fingerprint density at radius 2 is 2.00 bits per heavy atom. The quantitative estimate of drug-likeness (QED) is 0.847. The number of aliphatic hydroxyl groups excluding tert-OH is 1. The molecule has 0 aliphatic heterocycles. The number of hydrogen-bond acceptors (Lipinski definition) is 3. The number of rotatable bonds is 6. The van der Waals surface area contributed by atoms with Gasteiger partial charge in [-0.1, -0.05) is 6.07 Å². The highest BCUT2D eigenvalue weighted by molar-refractivity contribution is 5.81. The third-order valence-electron chi connectivity index (χ3n) is 2.98. The molecule has 1 rings (SSSR count). The maximum atomic E-state index is 13.1. The first kappa shape index (κ1) is 17.3. The van der Waals surface area contributed by atoms with Gasteiger partial charge in [-0.05, 0) is 31.5 Å². The van der Waals surface area contributed by atoms with Gasteiger partial charge in [0.25, 0.3) is 0 Å². The largest absolute Gasteiger partial charge is 0.418 e. The summed E-state index contributed by atoms with van der Waals surface area (Å²) in [5.74, 6) is -0.335. The molecule has 118 valence electrons. The maximum Gasteiger partial charge on any atom is 0.418 e. The third kappa shape index (κ3) is 4.63. The molecule has 0 radical (unpaired) electrons. The highest BCUT2D eigenvalue weighted by Gasteiger charge is 2.35. The van der Waals surface area contributed by atoms with Gasteiger partial charge in [0.15, 0.2) is 0 Å². The van der Waals surface area contributed by atoms with Gasteiger partial charge in [0.1, 0.15) is 0 Å². The SMILES string of the molecule is CCNC(=O)CN(CC)c1ccc(CO)cc1C(F)(F)F. The van der Waals surface area contributed by atoms with Crippen molar-refractivity contribution >= 4 is 11.6 Å². The number of alkyl halides is 3. The first-order valence-electron chi connectivity index (χ1n) is 6.66. The predicted octanol–water partition coefficient (Wildman–Crippen LogP) is 2.16. The van der Waals surface area contributed by atoms with Crippen LogP contribution in [0.5, 0.6) is 0 Å². The second-order valence-corrected chi connectivity index (χ2v) is 4.48. The Hall–Kier alpha value is -1.76. The highest BCUT2D eigenvalue weighted by Crippen LogP contribution is 2.37. The second kappa shape index (κ2) is 7.31. The van der Waals surface area contributed by atoms with E-state index in [9.17, 15) is 18.0 Å². The Bertz CT molecular complexity index is 490. The molecule has 0 saturated carbocycles. The van der Waals surface area contributed by atoms with Gasteiger partial charge in [-0.15, -0.1) is 0 Å². The van der Waals surface area contributed by atoms with E-state index in [1.807, 2.05) is 0 Å². The summed E-state index contributed by atoms with van der Waals surface area (Å²) in [5, 5.41) is 11.5. The third-order valence-corrected chi connectivity index (χ3v) is 2.98. The second-order valence-electron chi connectivity index (χ2n) is 4.48. The van der Waals surface area contributed by atoms with E-state index in [1.165, 1.54) is 17.0 Å². The summed E-state index contributed by atoms with van der Waals surface area (Å²) >= 11 is 0. The fourth-order valence-electron chi connectivity index (χ4n) is 1.98. The smallest absolute Gasteiger partial charge is 0.392 e. The lowest BCUT2D eigenvalue weighted by molar-refractivity contribution is -0.137. The molecule has 2 N–H and O–H groups in total. The van der Waals surface area contributed by atoms with E-state index in [-0.39, 0.29) is 30.2 Å². The Morgan fingerprint density at radius 1 is 1.33 bits per heavy atom. The molecule has 0 unspecified atom stereocenters. The molecule has 0 fully saturated rings. The minimum absolute atomic E-state index is 0.0616. The van der Waals surface area contributed by atoms with Crippen molar-refractivity contribution in [1.29, 1.82) is 0 Å². The van der Waals surface area contributed by atoms with Crippen molar-refractivity contribution in [3.8, 4) is 0 Å². The Morgan fingerprint density at radius 3 is 2.48 bits per heavy atom. The van der Waals surface area contributed by atoms with Crippen LogP contribution < -0.4 is 10.2 Å². The number of carbonyl (C=O) groups excluding carboxylic acids is 1. The summed E-state index contributed by atoms with van der Waals surface area (Å²) in [6.07, 6.45) is -4.55. The van der Waals surface area contributed by atoms with Crippen LogP contribution in [0.3, 0.4) is 0 Å². The molecule has 0 spiro atoms. The summed E-state index contributed by atoms with van der Waals surface area (Å²) in [7, 11) is 0. The summed E-state index contributed by atoms with van der Waals surface area (Å²) in [6, 6.07) is 3.62.